The number of nitrogens with one attached hydrogen (secondary N) is 2. The Morgan fingerprint density at radius 3 is 2.90 bits per heavy atom. The average Bonchev–Trinajstić information content (AvgIpc) is 2.97. The monoisotopic (exact) mass is 309 g/mol. The molecule has 2 N–H and O–H groups in total. The summed E-state index contributed by atoms with van der Waals surface area (Å²) in [6.07, 6.45) is 1.15. The minimum Gasteiger partial charge on any atom is -0.384 e. The Bertz CT molecular complexity index is 595. The summed E-state index contributed by atoms with van der Waals surface area (Å²) in [5.74, 6) is 0. The first kappa shape index (κ1) is 15.3. The van der Waals surface area contributed by atoms with Gasteiger partial charge in [-0.25, -0.2) is 4.98 Å². The minimum absolute atomic E-state index is 0. The van der Waals surface area contributed by atoms with Crippen LogP contribution >= 0.6 is 23.7 Å². The number of hydrogen-bond acceptors (Lipinski definition) is 4. The van der Waals surface area contributed by atoms with Crippen molar-refractivity contribution in [3.8, 4) is 0 Å². The van der Waals surface area contributed by atoms with E-state index in [1.165, 1.54) is 21.7 Å². The second-order valence-corrected chi connectivity index (χ2v) is 6.26. The minimum atomic E-state index is 0. The first-order chi connectivity index (χ1) is 9.24. The first-order valence-electron chi connectivity index (χ1n) is 6.72. The summed E-state index contributed by atoms with van der Waals surface area (Å²) in [6, 6.07) is 6.58. The predicted molar refractivity (Wildman–Crippen MR) is 88.0 cm³/mol. The number of anilines is 1. The molecule has 1 aromatic carbocycles. The van der Waals surface area contributed by atoms with Gasteiger partial charge in [0.2, 0.25) is 0 Å². The molecule has 0 saturated carbocycles. The number of rotatable bonds is 4. The van der Waals surface area contributed by atoms with E-state index in [-0.39, 0.29) is 12.4 Å². The quantitative estimate of drug-likeness (QED) is 0.908. The number of halogens is 1. The molecule has 0 spiro atoms. The highest BCUT2D eigenvalue weighted by Gasteiger charge is 2.13. The van der Waals surface area contributed by atoms with E-state index in [0.29, 0.717) is 0 Å². The van der Waals surface area contributed by atoms with Gasteiger partial charge in [-0.2, -0.15) is 0 Å². The molecule has 1 aromatic heterocycles. The van der Waals surface area contributed by atoms with Crippen LogP contribution in [0.25, 0.3) is 0 Å². The molecule has 3 rings (SSSR count). The van der Waals surface area contributed by atoms with Crippen LogP contribution in [0.15, 0.2) is 18.2 Å². The zero-order valence-corrected chi connectivity index (χ0v) is 13.5. The number of fused-ring (bicyclic) bond motifs is 1. The number of hydrogen-bond donors (Lipinski definition) is 2. The molecular weight excluding hydrogens is 290 g/mol. The third-order valence-electron chi connectivity index (χ3n) is 3.53. The molecule has 108 valence electrons. The Morgan fingerprint density at radius 1 is 1.30 bits per heavy atom. The van der Waals surface area contributed by atoms with Crippen LogP contribution in [-0.4, -0.2) is 11.5 Å². The van der Waals surface area contributed by atoms with Crippen molar-refractivity contribution in [3.63, 3.8) is 0 Å². The highest BCUT2D eigenvalue weighted by molar-refractivity contribution is 7.11. The maximum absolute atomic E-state index is 4.46. The molecule has 0 aliphatic carbocycles. The molecule has 0 bridgehead atoms. The third-order valence-corrected chi connectivity index (χ3v) is 4.61. The summed E-state index contributed by atoms with van der Waals surface area (Å²) in [6.45, 7) is 7.03. The normalized spacial score (nSPS) is 12.7. The Morgan fingerprint density at radius 2 is 2.15 bits per heavy atom. The molecule has 3 nitrogen and oxygen atoms in total. The molecular formula is C15H20ClN3S. The van der Waals surface area contributed by atoms with E-state index in [4.69, 9.17) is 0 Å². The maximum atomic E-state index is 4.46. The number of benzene rings is 1. The van der Waals surface area contributed by atoms with Crippen molar-refractivity contribution >= 4 is 29.4 Å². The SMILES string of the molecule is Cc1nc(C)c(CNCc2cccc3c2NCC3)s1.Cl. The van der Waals surface area contributed by atoms with Crippen molar-refractivity contribution < 1.29 is 0 Å². The lowest BCUT2D eigenvalue weighted by Crippen LogP contribution is -2.13. The molecule has 0 fully saturated rings. The predicted octanol–water partition coefficient (Wildman–Crippen LogP) is 3.44. The Balaban J connectivity index is 0.00000147. The molecule has 0 saturated heterocycles. The lowest BCUT2D eigenvalue weighted by molar-refractivity contribution is 0.698. The van der Waals surface area contributed by atoms with Crippen LogP contribution in [0, 0.1) is 13.8 Å². The van der Waals surface area contributed by atoms with Gasteiger partial charge in [0, 0.05) is 30.2 Å². The third kappa shape index (κ3) is 3.14. The van der Waals surface area contributed by atoms with Crippen LogP contribution in [0.3, 0.4) is 0 Å². The summed E-state index contributed by atoms with van der Waals surface area (Å²) in [5.41, 5.74) is 5.32. The van der Waals surface area contributed by atoms with Gasteiger partial charge in [0.05, 0.1) is 10.7 Å². The van der Waals surface area contributed by atoms with Crippen molar-refractivity contribution in [2.75, 3.05) is 11.9 Å². The van der Waals surface area contributed by atoms with E-state index in [0.717, 1.165) is 36.8 Å². The number of nitrogens with zero attached hydrogens (tertiary/aromatic N) is 1. The van der Waals surface area contributed by atoms with Crippen molar-refractivity contribution in [3.05, 3.63) is 44.9 Å². The lowest BCUT2D eigenvalue weighted by Gasteiger charge is -2.09. The Kier molecular flexibility index (Phi) is 5.02. The van der Waals surface area contributed by atoms with Gasteiger partial charge >= 0.3 is 0 Å². The molecule has 2 aromatic rings. The van der Waals surface area contributed by atoms with Crippen LogP contribution < -0.4 is 10.6 Å². The summed E-state index contributed by atoms with van der Waals surface area (Å²) in [5, 5.41) is 8.17. The van der Waals surface area contributed by atoms with E-state index in [1.807, 2.05) is 0 Å². The van der Waals surface area contributed by atoms with Gasteiger partial charge in [0.25, 0.3) is 0 Å². The second kappa shape index (κ2) is 6.57. The fraction of sp³-hybridized carbons (Fsp3) is 0.400. The molecule has 0 atom stereocenters. The zero-order chi connectivity index (χ0) is 13.2. The van der Waals surface area contributed by atoms with E-state index < -0.39 is 0 Å². The smallest absolute Gasteiger partial charge is 0.0900 e. The van der Waals surface area contributed by atoms with Crippen LogP contribution in [0.5, 0.6) is 0 Å². The van der Waals surface area contributed by atoms with Gasteiger partial charge in [-0.3, -0.25) is 0 Å². The first-order valence-corrected chi connectivity index (χ1v) is 7.54. The topological polar surface area (TPSA) is 37.0 Å². The van der Waals surface area contributed by atoms with Gasteiger partial charge in [-0.1, -0.05) is 18.2 Å². The molecule has 20 heavy (non-hydrogen) atoms. The van der Waals surface area contributed by atoms with E-state index in [9.17, 15) is 0 Å². The van der Waals surface area contributed by atoms with Gasteiger partial charge in [-0.05, 0) is 31.4 Å². The largest absolute Gasteiger partial charge is 0.384 e. The fourth-order valence-electron chi connectivity index (χ4n) is 2.61. The van der Waals surface area contributed by atoms with Crippen molar-refractivity contribution in [1.29, 1.82) is 0 Å². The maximum Gasteiger partial charge on any atom is 0.0900 e. The van der Waals surface area contributed by atoms with Crippen LogP contribution in [0.4, 0.5) is 5.69 Å². The molecule has 0 amide bonds. The van der Waals surface area contributed by atoms with Gasteiger partial charge in [-0.15, -0.1) is 23.7 Å². The molecule has 2 heterocycles. The van der Waals surface area contributed by atoms with Gasteiger partial charge < -0.3 is 10.6 Å². The van der Waals surface area contributed by atoms with Crippen molar-refractivity contribution in [2.45, 2.75) is 33.4 Å². The van der Waals surface area contributed by atoms with E-state index in [1.54, 1.807) is 11.3 Å². The van der Waals surface area contributed by atoms with E-state index >= 15 is 0 Å². The lowest BCUT2D eigenvalue weighted by atomic mass is 10.1. The number of thiazole rings is 1. The second-order valence-electron chi connectivity index (χ2n) is 4.97. The van der Waals surface area contributed by atoms with Crippen molar-refractivity contribution in [2.24, 2.45) is 0 Å². The highest BCUT2D eigenvalue weighted by Crippen LogP contribution is 2.26. The Labute approximate surface area is 130 Å². The van der Waals surface area contributed by atoms with Crippen molar-refractivity contribution in [1.82, 2.24) is 10.3 Å². The molecule has 5 heteroatoms. The summed E-state index contributed by atoms with van der Waals surface area (Å²) in [4.78, 5) is 5.81. The molecule has 0 radical (unpaired) electrons. The number of aryl methyl sites for hydroxylation is 2. The van der Waals surface area contributed by atoms with Crippen LogP contribution in [0.1, 0.15) is 26.7 Å². The summed E-state index contributed by atoms with van der Waals surface area (Å²) in [7, 11) is 0. The molecule has 0 unspecified atom stereocenters. The standard InChI is InChI=1S/C15H19N3S.ClH/c1-10-14(19-11(2)18-10)9-16-8-13-5-3-4-12-6-7-17-15(12)13;/h3-5,16-17H,6-9H2,1-2H3;1H. The number of para-hydroxylation sites is 1. The van der Waals surface area contributed by atoms with Gasteiger partial charge in [0.15, 0.2) is 0 Å². The zero-order valence-electron chi connectivity index (χ0n) is 11.8. The van der Waals surface area contributed by atoms with Crippen LogP contribution in [0.2, 0.25) is 0 Å². The molecule has 1 aliphatic heterocycles. The fourth-order valence-corrected chi connectivity index (χ4v) is 3.51. The van der Waals surface area contributed by atoms with Gasteiger partial charge in [0.1, 0.15) is 0 Å². The summed E-state index contributed by atoms with van der Waals surface area (Å²) < 4.78 is 0. The van der Waals surface area contributed by atoms with Crippen LogP contribution in [-0.2, 0) is 19.5 Å². The number of aromatic nitrogens is 1. The average molecular weight is 310 g/mol. The molecule has 1 aliphatic rings. The highest BCUT2D eigenvalue weighted by atomic mass is 35.5. The Hall–Kier alpha value is -1.10. The van der Waals surface area contributed by atoms with E-state index in [2.05, 4.69) is 47.7 Å². The summed E-state index contributed by atoms with van der Waals surface area (Å²) >= 11 is 1.79.